The molecule has 2 aromatic heterocycles. The summed E-state index contributed by atoms with van der Waals surface area (Å²) in [7, 11) is 0. The molecule has 2 heterocycles. The van der Waals surface area contributed by atoms with Gasteiger partial charge in [0, 0.05) is 18.2 Å². The maximum atomic E-state index is 12.5. The Morgan fingerprint density at radius 3 is 2.36 bits per heavy atom. The van der Waals surface area contributed by atoms with Crippen LogP contribution in [0.3, 0.4) is 0 Å². The van der Waals surface area contributed by atoms with Gasteiger partial charge in [0.15, 0.2) is 12.2 Å². The number of nitrogens with zero attached hydrogens (tertiary/aromatic N) is 2. The predicted octanol–water partition coefficient (Wildman–Crippen LogP) is 4.35. The van der Waals surface area contributed by atoms with Crippen molar-refractivity contribution in [3.8, 4) is 11.3 Å². The molecular formula is C16H11F3N2O. The normalized spacial score (nSPS) is 11.6. The van der Waals surface area contributed by atoms with Crippen LogP contribution in [-0.2, 0) is 12.6 Å². The second-order valence-electron chi connectivity index (χ2n) is 4.72. The van der Waals surface area contributed by atoms with E-state index in [0.29, 0.717) is 23.4 Å². The second kappa shape index (κ2) is 5.63. The van der Waals surface area contributed by atoms with Crippen LogP contribution < -0.4 is 0 Å². The van der Waals surface area contributed by atoms with Gasteiger partial charge in [-0.1, -0.05) is 30.3 Å². The number of halogens is 3. The maximum Gasteiger partial charge on any atom is 0.433 e. The van der Waals surface area contributed by atoms with Gasteiger partial charge in [-0.15, -0.1) is 0 Å². The predicted molar refractivity (Wildman–Crippen MR) is 74.0 cm³/mol. The molecule has 0 spiro atoms. The van der Waals surface area contributed by atoms with Gasteiger partial charge in [0.2, 0.25) is 0 Å². The van der Waals surface area contributed by atoms with Crippen LogP contribution in [-0.4, -0.2) is 9.97 Å². The molecule has 0 bridgehead atoms. The Bertz CT molecular complexity index is 749. The molecule has 0 saturated carbocycles. The Morgan fingerprint density at radius 1 is 0.955 bits per heavy atom. The molecule has 22 heavy (non-hydrogen) atoms. The van der Waals surface area contributed by atoms with Crippen LogP contribution in [0.4, 0.5) is 13.2 Å². The highest BCUT2D eigenvalue weighted by atomic mass is 19.4. The number of rotatable bonds is 3. The first-order valence-electron chi connectivity index (χ1n) is 6.54. The van der Waals surface area contributed by atoms with Crippen molar-refractivity contribution in [2.24, 2.45) is 0 Å². The zero-order chi connectivity index (χ0) is 15.6. The summed E-state index contributed by atoms with van der Waals surface area (Å²) in [6.45, 7) is 0. The van der Waals surface area contributed by atoms with Crippen molar-refractivity contribution in [3.05, 3.63) is 72.0 Å². The van der Waals surface area contributed by atoms with Crippen molar-refractivity contribution >= 4 is 0 Å². The monoisotopic (exact) mass is 304 g/mol. The van der Waals surface area contributed by atoms with Gasteiger partial charge in [0.25, 0.3) is 0 Å². The van der Waals surface area contributed by atoms with Gasteiger partial charge in [-0.05, 0) is 17.7 Å². The molecule has 0 aliphatic rings. The highest BCUT2D eigenvalue weighted by Crippen LogP contribution is 2.30. The van der Waals surface area contributed by atoms with Crippen LogP contribution in [0.25, 0.3) is 11.3 Å². The van der Waals surface area contributed by atoms with Crippen LogP contribution in [0.1, 0.15) is 17.0 Å². The van der Waals surface area contributed by atoms with Gasteiger partial charge in [-0.25, -0.2) is 4.98 Å². The fourth-order valence-corrected chi connectivity index (χ4v) is 2.11. The number of hydrogen-bond donors (Lipinski definition) is 0. The average molecular weight is 304 g/mol. The van der Waals surface area contributed by atoms with E-state index < -0.39 is 11.9 Å². The minimum Gasteiger partial charge on any atom is -0.443 e. The van der Waals surface area contributed by atoms with E-state index in [1.54, 1.807) is 0 Å². The van der Waals surface area contributed by atoms with Crippen molar-refractivity contribution in [2.45, 2.75) is 12.6 Å². The van der Waals surface area contributed by atoms with Gasteiger partial charge >= 0.3 is 6.18 Å². The molecule has 0 radical (unpaired) electrons. The second-order valence-corrected chi connectivity index (χ2v) is 4.72. The molecule has 3 rings (SSSR count). The van der Waals surface area contributed by atoms with Crippen LogP contribution in [0, 0.1) is 0 Å². The van der Waals surface area contributed by atoms with Crippen molar-refractivity contribution in [2.75, 3.05) is 0 Å². The van der Waals surface area contributed by atoms with E-state index >= 15 is 0 Å². The van der Waals surface area contributed by atoms with Gasteiger partial charge in [0.05, 0.1) is 5.69 Å². The van der Waals surface area contributed by atoms with E-state index in [2.05, 4.69) is 9.97 Å². The van der Waals surface area contributed by atoms with E-state index in [9.17, 15) is 13.2 Å². The topological polar surface area (TPSA) is 38.9 Å². The smallest absolute Gasteiger partial charge is 0.433 e. The molecule has 3 nitrogen and oxygen atoms in total. The number of oxazole rings is 1. The van der Waals surface area contributed by atoms with Gasteiger partial charge in [-0.2, -0.15) is 13.2 Å². The molecule has 0 saturated heterocycles. The lowest BCUT2D eigenvalue weighted by atomic mass is 10.1. The summed E-state index contributed by atoms with van der Waals surface area (Å²) in [5.41, 5.74) is 1.24. The number of alkyl halides is 3. The molecule has 0 aliphatic carbocycles. The Kier molecular flexibility index (Phi) is 3.66. The summed E-state index contributed by atoms with van der Waals surface area (Å²) in [6, 6.07) is 11.9. The average Bonchev–Trinajstić information content (AvgIpc) is 2.96. The molecule has 3 aromatic rings. The highest BCUT2D eigenvalue weighted by molar-refractivity contribution is 5.59. The number of hydrogen-bond acceptors (Lipinski definition) is 3. The summed E-state index contributed by atoms with van der Waals surface area (Å²) >= 11 is 0. The third-order valence-electron chi connectivity index (χ3n) is 3.17. The maximum absolute atomic E-state index is 12.5. The summed E-state index contributed by atoms with van der Waals surface area (Å²) in [5.74, 6) is 0.435. The zero-order valence-corrected chi connectivity index (χ0v) is 11.3. The number of aromatic nitrogens is 2. The van der Waals surface area contributed by atoms with Crippen LogP contribution in [0.5, 0.6) is 0 Å². The SMILES string of the molecule is FC(F)(F)c1ccc(-c2ocnc2Cc2ccccc2)cn1. The fraction of sp³-hybridized carbons (Fsp3) is 0.125. The highest BCUT2D eigenvalue weighted by Gasteiger charge is 2.32. The van der Waals surface area contributed by atoms with Gasteiger partial charge in [-0.3, -0.25) is 4.98 Å². The standard InChI is InChI=1S/C16H11F3N2O/c17-16(18,19)14-7-6-12(9-20-14)15-13(21-10-22-15)8-11-4-2-1-3-5-11/h1-7,9-10H,8H2. The van der Waals surface area contributed by atoms with Crippen LogP contribution >= 0.6 is 0 Å². The summed E-state index contributed by atoms with van der Waals surface area (Å²) in [5, 5.41) is 0. The molecule has 0 amide bonds. The minimum absolute atomic E-state index is 0.435. The fourth-order valence-electron chi connectivity index (χ4n) is 2.11. The first kappa shape index (κ1) is 14.3. The van der Waals surface area contributed by atoms with Crippen molar-refractivity contribution in [3.63, 3.8) is 0 Å². The Hall–Kier alpha value is -2.63. The summed E-state index contributed by atoms with van der Waals surface area (Å²) in [4.78, 5) is 7.58. The summed E-state index contributed by atoms with van der Waals surface area (Å²) < 4.78 is 42.9. The first-order chi connectivity index (χ1) is 10.5. The molecule has 112 valence electrons. The molecule has 0 unspecified atom stereocenters. The number of pyridine rings is 1. The van der Waals surface area contributed by atoms with E-state index in [0.717, 1.165) is 17.8 Å². The van der Waals surface area contributed by atoms with E-state index in [1.165, 1.54) is 12.5 Å². The molecular weight excluding hydrogens is 293 g/mol. The van der Waals surface area contributed by atoms with Crippen LogP contribution in [0.2, 0.25) is 0 Å². The quantitative estimate of drug-likeness (QED) is 0.722. The van der Waals surface area contributed by atoms with Crippen molar-refractivity contribution < 1.29 is 17.6 Å². The van der Waals surface area contributed by atoms with E-state index in [4.69, 9.17) is 4.42 Å². The Morgan fingerprint density at radius 2 is 1.73 bits per heavy atom. The molecule has 0 aliphatic heterocycles. The first-order valence-corrected chi connectivity index (χ1v) is 6.54. The minimum atomic E-state index is -4.45. The van der Waals surface area contributed by atoms with Crippen LogP contribution in [0.15, 0.2) is 59.5 Å². The number of benzene rings is 1. The lowest BCUT2D eigenvalue weighted by Crippen LogP contribution is -2.07. The Balaban J connectivity index is 1.89. The lowest BCUT2D eigenvalue weighted by molar-refractivity contribution is -0.141. The molecule has 0 atom stereocenters. The van der Waals surface area contributed by atoms with Gasteiger partial charge < -0.3 is 4.42 Å². The van der Waals surface area contributed by atoms with Gasteiger partial charge in [0.1, 0.15) is 5.69 Å². The molecule has 6 heteroatoms. The van der Waals surface area contributed by atoms with Crippen molar-refractivity contribution in [1.29, 1.82) is 0 Å². The molecule has 1 aromatic carbocycles. The molecule has 0 N–H and O–H groups in total. The molecule has 0 fully saturated rings. The largest absolute Gasteiger partial charge is 0.443 e. The van der Waals surface area contributed by atoms with E-state index in [1.807, 2.05) is 30.3 Å². The lowest BCUT2D eigenvalue weighted by Gasteiger charge is -2.06. The van der Waals surface area contributed by atoms with Crippen molar-refractivity contribution in [1.82, 2.24) is 9.97 Å². The third-order valence-corrected chi connectivity index (χ3v) is 3.17. The third kappa shape index (κ3) is 3.00. The zero-order valence-electron chi connectivity index (χ0n) is 11.3. The van der Waals surface area contributed by atoms with E-state index in [-0.39, 0.29) is 0 Å². The summed E-state index contributed by atoms with van der Waals surface area (Å²) in [6.07, 6.45) is -1.48. The Labute approximate surface area is 124 Å².